The maximum absolute atomic E-state index is 11.7. The molecule has 2 rings (SSSR count). The highest BCUT2D eigenvalue weighted by Gasteiger charge is 2.36. The van der Waals surface area contributed by atoms with Crippen LogP contribution in [0, 0.1) is 0 Å². The van der Waals surface area contributed by atoms with Crippen LogP contribution in [0.5, 0.6) is 0 Å². The molecular formula is C11H17N3O3S. The monoisotopic (exact) mass is 271 g/mol. The molecule has 1 fully saturated rings. The molecule has 2 heterocycles. The lowest BCUT2D eigenvalue weighted by molar-refractivity contribution is -0.0236. The molecule has 3 N–H and O–H groups in total. The van der Waals surface area contributed by atoms with Gasteiger partial charge in [-0.2, -0.15) is 16.7 Å². The lowest BCUT2D eigenvalue weighted by atomic mass is 10.2. The minimum Gasteiger partial charge on any atom is -0.394 e. The predicted molar refractivity (Wildman–Crippen MR) is 70.4 cm³/mol. The van der Waals surface area contributed by atoms with E-state index >= 15 is 0 Å². The van der Waals surface area contributed by atoms with Gasteiger partial charge in [-0.15, -0.1) is 0 Å². The second kappa shape index (κ2) is 5.73. The third kappa shape index (κ3) is 2.68. The second-order valence-electron chi connectivity index (χ2n) is 4.08. The molecule has 0 bridgehead atoms. The van der Waals surface area contributed by atoms with Crippen LogP contribution in [0.25, 0.3) is 0 Å². The zero-order chi connectivity index (χ0) is 13.1. The van der Waals surface area contributed by atoms with Crippen molar-refractivity contribution in [1.82, 2.24) is 9.55 Å². The van der Waals surface area contributed by atoms with Crippen LogP contribution < -0.4 is 11.4 Å². The summed E-state index contributed by atoms with van der Waals surface area (Å²) in [7, 11) is 0. The van der Waals surface area contributed by atoms with Crippen molar-refractivity contribution >= 4 is 17.6 Å². The van der Waals surface area contributed by atoms with Gasteiger partial charge < -0.3 is 15.6 Å². The molecule has 1 aromatic rings. The van der Waals surface area contributed by atoms with Gasteiger partial charge in [-0.25, -0.2) is 4.79 Å². The first-order valence-corrected chi connectivity index (χ1v) is 6.93. The highest BCUT2D eigenvalue weighted by Crippen LogP contribution is 2.35. The topological polar surface area (TPSA) is 90.4 Å². The smallest absolute Gasteiger partial charge is 0.351 e. The Morgan fingerprint density at radius 2 is 2.50 bits per heavy atom. The highest BCUT2D eigenvalue weighted by atomic mass is 32.2. The number of aromatic nitrogens is 2. The van der Waals surface area contributed by atoms with Crippen molar-refractivity contribution in [2.45, 2.75) is 30.9 Å². The van der Waals surface area contributed by atoms with Crippen LogP contribution in [-0.2, 0) is 4.74 Å². The van der Waals surface area contributed by atoms with E-state index in [0.717, 1.165) is 5.75 Å². The molecular weight excluding hydrogens is 254 g/mol. The fraction of sp³-hybridized carbons (Fsp3) is 0.636. The first-order valence-electron chi connectivity index (χ1n) is 5.88. The number of aliphatic hydroxyl groups excluding tert-OH is 1. The van der Waals surface area contributed by atoms with Crippen LogP contribution in [0.3, 0.4) is 0 Å². The molecule has 0 aliphatic carbocycles. The summed E-state index contributed by atoms with van der Waals surface area (Å²) < 4.78 is 7.12. The van der Waals surface area contributed by atoms with E-state index in [-0.39, 0.29) is 30.0 Å². The van der Waals surface area contributed by atoms with Crippen LogP contribution in [0.4, 0.5) is 5.82 Å². The quantitative estimate of drug-likeness (QED) is 0.814. The SMILES string of the molecule is CCS[C@H]1C[C@@H](n2ccc(N)nc2=O)O[C@@H]1CO. The fourth-order valence-corrected chi connectivity index (χ4v) is 3.16. The van der Waals surface area contributed by atoms with Gasteiger partial charge >= 0.3 is 5.69 Å². The van der Waals surface area contributed by atoms with Crippen molar-refractivity contribution in [3.8, 4) is 0 Å². The molecule has 0 radical (unpaired) electrons. The van der Waals surface area contributed by atoms with Gasteiger partial charge in [0, 0.05) is 17.9 Å². The third-order valence-corrected chi connectivity index (χ3v) is 4.16. The van der Waals surface area contributed by atoms with E-state index in [2.05, 4.69) is 11.9 Å². The first kappa shape index (κ1) is 13.4. The summed E-state index contributed by atoms with van der Waals surface area (Å²) in [5.74, 6) is 1.15. The number of hydrogen-bond donors (Lipinski definition) is 2. The van der Waals surface area contributed by atoms with E-state index in [0.29, 0.717) is 6.42 Å². The Kier molecular flexibility index (Phi) is 4.26. The minimum absolute atomic E-state index is 0.0364. The van der Waals surface area contributed by atoms with Crippen LogP contribution in [0.2, 0.25) is 0 Å². The standard InChI is InChI=1S/C11H17N3O3S/c1-2-18-8-5-10(17-7(8)6-15)14-4-3-9(12)13-11(14)16/h3-4,7-8,10,15H,2,5-6H2,1H3,(H2,12,13,16)/t7-,8+,10+/m1/s1. The summed E-state index contributed by atoms with van der Waals surface area (Å²) >= 11 is 1.73. The summed E-state index contributed by atoms with van der Waals surface area (Å²) in [6.45, 7) is 2.02. The molecule has 0 spiro atoms. The minimum atomic E-state index is -0.418. The maximum Gasteiger partial charge on any atom is 0.351 e. The fourth-order valence-electron chi connectivity index (χ4n) is 2.07. The van der Waals surface area contributed by atoms with Gasteiger partial charge in [-0.05, 0) is 11.8 Å². The number of rotatable bonds is 4. The van der Waals surface area contributed by atoms with Gasteiger partial charge in [0.25, 0.3) is 0 Å². The van der Waals surface area contributed by atoms with Gasteiger partial charge in [0.15, 0.2) is 0 Å². The lowest BCUT2D eigenvalue weighted by Gasteiger charge is -2.14. The number of nitrogens with two attached hydrogens (primary N) is 1. The highest BCUT2D eigenvalue weighted by molar-refractivity contribution is 7.99. The van der Waals surface area contributed by atoms with Gasteiger partial charge in [-0.3, -0.25) is 4.57 Å². The summed E-state index contributed by atoms with van der Waals surface area (Å²) in [6, 6.07) is 1.57. The Balaban J connectivity index is 2.18. The van der Waals surface area contributed by atoms with Gasteiger partial charge in [0.1, 0.15) is 12.0 Å². The van der Waals surface area contributed by atoms with Crippen molar-refractivity contribution in [3.63, 3.8) is 0 Å². The van der Waals surface area contributed by atoms with E-state index in [1.54, 1.807) is 24.0 Å². The Morgan fingerprint density at radius 1 is 1.72 bits per heavy atom. The number of ether oxygens (including phenoxy) is 1. The average Bonchev–Trinajstić information content (AvgIpc) is 2.72. The summed E-state index contributed by atoms with van der Waals surface area (Å²) in [5.41, 5.74) is 5.03. The molecule has 18 heavy (non-hydrogen) atoms. The molecule has 1 aliphatic rings. The molecule has 100 valence electrons. The zero-order valence-electron chi connectivity index (χ0n) is 10.2. The van der Waals surface area contributed by atoms with Crippen molar-refractivity contribution in [1.29, 1.82) is 0 Å². The summed E-state index contributed by atoms with van der Waals surface area (Å²) in [5, 5.41) is 9.48. The van der Waals surface area contributed by atoms with Gasteiger partial charge in [0.2, 0.25) is 0 Å². The Hall–Kier alpha value is -1.05. The first-order chi connectivity index (χ1) is 8.65. The van der Waals surface area contributed by atoms with Gasteiger partial charge in [-0.1, -0.05) is 6.92 Å². The Morgan fingerprint density at radius 3 is 3.11 bits per heavy atom. The molecule has 6 nitrogen and oxygen atoms in total. The maximum atomic E-state index is 11.7. The molecule has 0 aromatic carbocycles. The molecule has 3 atom stereocenters. The van der Waals surface area contributed by atoms with Crippen molar-refractivity contribution < 1.29 is 9.84 Å². The van der Waals surface area contributed by atoms with E-state index in [1.165, 1.54) is 4.57 Å². The number of nitrogen functional groups attached to an aromatic ring is 1. The molecule has 0 amide bonds. The third-order valence-electron chi connectivity index (χ3n) is 2.90. The molecule has 1 saturated heterocycles. The van der Waals surface area contributed by atoms with Crippen molar-refractivity contribution in [3.05, 3.63) is 22.7 Å². The number of nitrogens with zero attached hydrogens (tertiary/aromatic N) is 2. The number of hydrogen-bond acceptors (Lipinski definition) is 6. The van der Waals surface area contributed by atoms with E-state index in [9.17, 15) is 9.90 Å². The zero-order valence-corrected chi connectivity index (χ0v) is 11.0. The van der Waals surface area contributed by atoms with E-state index < -0.39 is 5.69 Å². The predicted octanol–water partition coefficient (Wildman–Crippen LogP) is 0.227. The molecule has 0 unspecified atom stereocenters. The number of anilines is 1. The second-order valence-corrected chi connectivity index (χ2v) is 5.60. The Labute approximate surface area is 109 Å². The Bertz CT molecular complexity index is 465. The molecule has 7 heteroatoms. The van der Waals surface area contributed by atoms with E-state index in [4.69, 9.17) is 10.5 Å². The van der Waals surface area contributed by atoms with E-state index in [1.807, 2.05) is 0 Å². The molecule has 0 saturated carbocycles. The van der Waals surface area contributed by atoms with Crippen LogP contribution in [-0.4, -0.2) is 38.4 Å². The average molecular weight is 271 g/mol. The van der Waals surface area contributed by atoms with Crippen LogP contribution in [0.15, 0.2) is 17.1 Å². The summed E-state index contributed by atoms with van der Waals surface area (Å²) in [4.78, 5) is 15.4. The van der Waals surface area contributed by atoms with Crippen molar-refractivity contribution in [2.75, 3.05) is 18.1 Å². The van der Waals surface area contributed by atoms with Crippen molar-refractivity contribution in [2.24, 2.45) is 0 Å². The lowest BCUT2D eigenvalue weighted by Crippen LogP contribution is -2.27. The molecule has 1 aliphatic heterocycles. The largest absolute Gasteiger partial charge is 0.394 e. The number of thioether (sulfide) groups is 1. The van der Waals surface area contributed by atoms with Crippen LogP contribution in [0.1, 0.15) is 19.6 Å². The summed E-state index contributed by atoms with van der Waals surface area (Å²) in [6.07, 6.45) is 1.68. The van der Waals surface area contributed by atoms with Gasteiger partial charge in [0.05, 0.1) is 12.7 Å². The molecule has 1 aromatic heterocycles. The van der Waals surface area contributed by atoms with Crippen LogP contribution >= 0.6 is 11.8 Å². The number of aliphatic hydroxyl groups is 1. The normalized spacial score (nSPS) is 27.6.